The van der Waals surface area contributed by atoms with Crippen LogP contribution in [0.25, 0.3) is 0 Å². The standard InChI is InChI=1S/C24H31N3O4S/c1-18-10-11-21-22(14-18)31-23(17-27(21)32(2,29)30)24(28)25-15-19-8-4-5-9-20(19)16-26-12-6-3-7-13-26/h4-5,8-11,14,23H,3,6-7,12-13,15-17H2,1-2H3,(H,25,28)/t23-/m1/s1. The van der Waals surface area contributed by atoms with Crippen LogP contribution in [0.3, 0.4) is 0 Å². The maximum atomic E-state index is 13.0. The summed E-state index contributed by atoms with van der Waals surface area (Å²) >= 11 is 0. The molecule has 0 radical (unpaired) electrons. The molecular formula is C24H31N3O4S. The molecule has 2 aromatic carbocycles. The van der Waals surface area contributed by atoms with E-state index in [9.17, 15) is 13.2 Å². The molecule has 32 heavy (non-hydrogen) atoms. The van der Waals surface area contributed by atoms with Crippen LogP contribution in [0.4, 0.5) is 5.69 Å². The molecule has 4 rings (SSSR count). The molecule has 0 saturated carbocycles. The number of benzene rings is 2. The van der Waals surface area contributed by atoms with E-state index >= 15 is 0 Å². The van der Waals surface area contributed by atoms with Crippen molar-refractivity contribution in [1.29, 1.82) is 0 Å². The molecular weight excluding hydrogens is 426 g/mol. The topological polar surface area (TPSA) is 79.0 Å². The Kier molecular flexibility index (Phi) is 6.71. The van der Waals surface area contributed by atoms with Crippen molar-refractivity contribution in [3.8, 4) is 5.75 Å². The summed E-state index contributed by atoms with van der Waals surface area (Å²) in [6, 6.07) is 13.5. The molecule has 172 valence electrons. The Morgan fingerprint density at radius 2 is 1.81 bits per heavy atom. The van der Waals surface area contributed by atoms with E-state index in [0.717, 1.165) is 37.0 Å². The number of likely N-dealkylation sites (tertiary alicyclic amines) is 1. The van der Waals surface area contributed by atoms with Gasteiger partial charge in [-0.3, -0.25) is 14.0 Å². The third-order valence-electron chi connectivity index (χ3n) is 6.09. The molecule has 1 saturated heterocycles. The van der Waals surface area contributed by atoms with Crippen molar-refractivity contribution in [2.24, 2.45) is 0 Å². The first-order chi connectivity index (χ1) is 15.3. The fourth-order valence-corrected chi connectivity index (χ4v) is 5.26. The number of amides is 1. The highest BCUT2D eigenvalue weighted by atomic mass is 32.2. The molecule has 0 aliphatic carbocycles. The zero-order chi connectivity index (χ0) is 22.7. The Hall–Kier alpha value is -2.58. The maximum absolute atomic E-state index is 13.0. The van der Waals surface area contributed by atoms with Gasteiger partial charge < -0.3 is 10.1 Å². The summed E-state index contributed by atoms with van der Waals surface area (Å²) in [5.74, 6) is 0.0888. The lowest BCUT2D eigenvalue weighted by Crippen LogP contribution is -2.50. The minimum atomic E-state index is -3.54. The number of nitrogens with one attached hydrogen (secondary N) is 1. The minimum Gasteiger partial charge on any atom is -0.476 e. The quantitative estimate of drug-likeness (QED) is 0.722. The van der Waals surface area contributed by atoms with Crippen molar-refractivity contribution < 1.29 is 17.9 Å². The molecule has 2 heterocycles. The number of ether oxygens (including phenoxy) is 1. The van der Waals surface area contributed by atoms with Crippen molar-refractivity contribution in [3.63, 3.8) is 0 Å². The summed E-state index contributed by atoms with van der Waals surface area (Å²) in [5.41, 5.74) is 3.68. The molecule has 1 atom stereocenters. The maximum Gasteiger partial charge on any atom is 0.263 e. The third kappa shape index (κ3) is 5.24. The average molecular weight is 458 g/mol. The SMILES string of the molecule is Cc1ccc2c(c1)O[C@@H](C(=O)NCc1ccccc1CN1CCCCC1)CN2S(C)(=O)=O. The van der Waals surface area contributed by atoms with Crippen LogP contribution in [-0.2, 0) is 27.9 Å². The number of carbonyl (C=O) groups excluding carboxylic acids is 1. The summed E-state index contributed by atoms with van der Waals surface area (Å²) in [5, 5.41) is 2.96. The van der Waals surface area contributed by atoms with Gasteiger partial charge in [0.2, 0.25) is 10.0 Å². The molecule has 2 aromatic rings. The van der Waals surface area contributed by atoms with Gasteiger partial charge in [-0.1, -0.05) is 36.8 Å². The second-order valence-electron chi connectivity index (χ2n) is 8.70. The molecule has 1 N–H and O–H groups in total. The molecule has 1 amide bonds. The smallest absolute Gasteiger partial charge is 0.263 e. The highest BCUT2D eigenvalue weighted by Gasteiger charge is 2.35. The minimum absolute atomic E-state index is 0.0455. The van der Waals surface area contributed by atoms with Crippen LogP contribution >= 0.6 is 0 Å². The van der Waals surface area contributed by atoms with Gasteiger partial charge in [0.25, 0.3) is 5.91 Å². The van der Waals surface area contributed by atoms with Gasteiger partial charge >= 0.3 is 0 Å². The number of sulfonamides is 1. The highest BCUT2D eigenvalue weighted by molar-refractivity contribution is 7.92. The van der Waals surface area contributed by atoms with Crippen molar-refractivity contribution in [1.82, 2.24) is 10.2 Å². The third-order valence-corrected chi connectivity index (χ3v) is 7.24. The van der Waals surface area contributed by atoms with E-state index < -0.39 is 16.1 Å². The Morgan fingerprint density at radius 3 is 2.53 bits per heavy atom. The van der Waals surface area contributed by atoms with Gasteiger partial charge in [0.15, 0.2) is 6.10 Å². The van der Waals surface area contributed by atoms with Crippen LogP contribution in [0.15, 0.2) is 42.5 Å². The van der Waals surface area contributed by atoms with Crippen molar-refractivity contribution in [2.75, 3.05) is 30.2 Å². The van der Waals surface area contributed by atoms with E-state index in [-0.39, 0.29) is 12.5 Å². The van der Waals surface area contributed by atoms with Crippen LogP contribution in [0.1, 0.15) is 36.0 Å². The summed E-state index contributed by atoms with van der Waals surface area (Å²) in [6.45, 7) is 5.32. The van der Waals surface area contributed by atoms with Gasteiger partial charge in [0.05, 0.1) is 18.5 Å². The van der Waals surface area contributed by atoms with Crippen LogP contribution in [0.5, 0.6) is 5.75 Å². The number of rotatable bonds is 6. The van der Waals surface area contributed by atoms with Gasteiger partial charge in [0, 0.05) is 13.1 Å². The van der Waals surface area contributed by atoms with E-state index in [2.05, 4.69) is 16.3 Å². The summed E-state index contributed by atoms with van der Waals surface area (Å²) in [6.07, 6.45) is 4.00. The summed E-state index contributed by atoms with van der Waals surface area (Å²) in [4.78, 5) is 15.4. The predicted octanol–water partition coefficient (Wildman–Crippen LogP) is 2.82. The van der Waals surface area contributed by atoms with Crippen LogP contribution in [-0.4, -0.2) is 51.2 Å². The number of fused-ring (bicyclic) bond motifs is 1. The van der Waals surface area contributed by atoms with E-state index in [1.165, 1.54) is 29.1 Å². The average Bonchev–Trinajstić information content (AvgIpc) is 2.77. The normalized spacial score (nSPS) is 19.2. The number of piperidine rings is 1. The van der Waals surface area contributed by atoms with Gasteiger partial charge in [-0.2, -0.15) is 0 Å². The fraction of sp³-hybridized carbons (Fsp3) is 0.458. The monoisotopic (exact) mass is 457 g/mol. The Labute approximate surface area is 190 Å². The van der Waals surface area contributed by atoms with Gasteiger partial charge in [-0.25, -0.2) is 8.42 Å². The molecule has 0 spiro atoms. The molecule has 1 fully saturated rings. The number of nitrogens with zero attached hydrogens (tertiary/aromatic N) is 2. The first-order valence-electron chi connectivity index (χ1n) is 11.1. The van der Waals surface area contributed by atoms with Crippen LogP contribution in [0.2, 0.25) is 0 Å². The highest BCUT2D eigenvalue weighted by Crippen LogP contribution is 2.35. The predicted molar refractivity (Wildman–Crippen MR) is 125 cm³/mol. The summed E-state index contributed by atoms with van der Waals surface area (Å²) < 4.78 is 31.9. The lowest BCUT2D eigenvalue weighted by Gasteiger charge is -2.34. The Bertz CT molecular complexity index is 1080. The van der Waals surface area contributed by atoms with E-state index in [1.54, 1.807) is 12.1 Å². The van der Waals surface area contributed by atoms with Crippen LogP contribution < -0.4 is 14.4 Å². The van der Waals surface area contributed by atoms with Crippen molar-refractivity contribution in [2.45, 2.75) is 45.4 Å². The Balaban J connectivity index is 1.46. The largest absolute Gasteiger partial charge is 0.476 e. The molecule has 8 heteroatoms. The summed E-state index contributed by atoms with van der Waals surface area (Å²) in [7, 11) is -3.54. The first kappa shape index (κ1) is 22.6. The molecule has 2 aliphatic heterocycles. The number of carbonyl (C=O) groups is 1. The number of anilines is 1. The molecule has 7 nitrogen and oxygen atoms in total. The lowest BCUT2D eigenvalue weighted by atomic mass is 10.0. The first-order valence-corrected chi connectivity index (χ1v) is 13.0. The van der Waals surface area contributed by atoms with E-state index in [1.807, 2.05) is 31.2 Å². The second kappa shape index (κ2) is 9.50. The number of hydrogen-bond donors (Lipinski definition) is 1. The van der Waals surface area contributed by atoms with Gasteiger partial charge in [-0.05, 0) is 61.7 Å². The second-order valence-corrected chi connectivity index (χ2v) is 10.6. The molecule has 0 unspecified atom stereocenters. The molecule has 2 aliphatic rings. The Morgan fingerprint density at radius 1 is 1.09 bits per heavy atom. The zero-order valence-corrected chi connectivity index (χ0v) is 19.5. The molecule has 0 aromatic heterocycles. The lowest BCUT2D eigenvalue weighted by molar-refractivity contribution is -0.127. The van der Waals surface area contributed by atoms with Crippen LogP contribution in [0, 0.1) is 6.92 Å². The zero-order valence-electron chi connectivity index (χ0n) is 18.7. The fourth-order valence-electron chi connectivity index (χ4n) is 4.35. The number of hydrogen-bond acceptors (Lipinski definition) is 5. The van der Waals surface area contributed by atoms with Crippen molar-refractivity contribution >= 4 is 21.6 Å². The van der Waals surface area contributed by atoms with Gasteiger partial charge in [0.1, 0.15) is 5.75 Å². The van der Waals surface area contributed by atoms with E-state index in [0.29, 0.717) is 18.0 Å². The number of aryl methyl sites for hydroxylation is 1. The van der Waals surface area contributed by atoms with Crippen molar-refractivity contribution in [3.05, 3.63) is 59.2 Å². The van der Waals surface area contributed by atoms with Gasteiger partial charge in [-0.15, -0.1) is 0 Å². The molecule has 0 bridgehead atoms. The van der Waals surface area contributed by atoms with E-state index in [4.69, 9.17) is 4.74 Å².